The Morgan fingerprint density at radius 3 is 0.765 bits per heavy atom. The predicted molar refractivity (Wildman–Crippen MR) is 395 cm³/mol. The highest BCUT2D eigenvalue weighted by Crippen LogP contribution is 2.65. The van der Waals surface area contributed by atoms with Crippen molar-refractivity contribution in [3.63, 3.8) is 0 Å². The van der Waals surface area contributed by atoms with Crippen molar-refractivity contribution in [3.05, 3.63) is 384 Å². The van der Waals surface area contributed by atoms with Crippen LogP contribution in [0.15, 0.2) is 340 Å². The summed E-state index contributed by atoms with van der Waals surface area (Å²) in [5, 5.41) is 0. The summed E-state index contributed by atoms with van der Waals surface area (Å²) in [4.78, 5) is 30.9. The highest BCUT2D eigenvalue weighted by atomic mass is 15.0. The van der Waals surface area contributed by atoms with Crippen molar-refractivity contribution in [1.29, 1.82) is 0 Å². The summed E-state index contributed by atoms with van der Waals surface area (Å²) < 4.78 is 0. The summed E-state index contributed by atoms with van der Waals surface area (Å²) in [5.41, 5.74) is 31.7. The Balaban J connectivity index is 0.656. The molecule has 20 rings (SSSR count). The van der Waals surface area contributed by atoms with E-state index in [1.807, 2.05) is 78.9 Å². The van der Waals surface area contributed by atoms with Gasteiger partial charge in [-0.3, -0.25) is 0 Å². The van der Waals surface area contributed by atoms with Gasteiger partial charge >= 0.3 is 0 Å². The molecule has 0 fully saturated rings. The number of hydrogen-bond donors (Lipinski definition) is 0. The second-order valence-corrected chi connectivity index (χ2v) is 26.0. The second kappa shape index (κ2) is 21.8. The van der Waals surface area contributed by atoms with Crippen LogP contribution in [0.5, 0.6) is 0 Å². The van der Waals surface area contributed by atoms with Crippen molar-refractivity contribution in [2.45, 2.75) is 10.8 Å². The molecule has 1 atom stereocenters. The maximum atomic E-state index is 5.33. The second-order valence-electron chi connectivity index (χ2n) is 26.0. The Morgan fingerprint density at radius 1 is 0.133 bits per heavy atom. The van der Waals surface area contributed by atoms with Gasteiger partial charge < -0.3 is 0 Å². The first-order valence-electron chi connectivity index (χ1n) is 33.5. The van der Waals surface area contributed by atoms with Crippen molar-refractivity contribution in [3.8, 4) is 146 Å². The Hall–Kier alpha value is -12.9. The third kappa shape index (κ3) is 8.34. The van der Waals surface area contributed by atoms with Gasteiger partial charge in [-0.25, -0.2) is 29.9 Å². The maximum absolute atomic E-state index is 5.33. The lowest BCUT2D eigenvalue weighted by Crippen LogP contribution is -2.25. The third-order valence-electron chi connectivity index (χ3n) is 20.8. The number of hydrogen-bond acceptors (Lipinski definition) is 6. The lowest BCUT2D eigenvalue weighted by atomic mass is 9.70. The summed E-state index contributed by atoms with van der Waals surface area (Å²) >= 11 is 0. The van der Waals surface area contributed by atoms with E-state index in [0.717, 1.165) is 66.8 Å². The maximum Gasteiger partial charge on any atom is 0.164 e. The van der Waals surface area contributed by atoms with Crippen LogP contribution in [-0.2, 0) is 10.8 Å². The number of rotatable bonds is 9. The molecule has 2 heterocycles. The topological polar surface area (TPSA) is 77.3 Å². The highest BCUT2D eigenvalue weighted by molar-refractivity contribution is 5.99. The van der Waals surface area contributed by atoms with E-state index in [4.69, 9.17) is 29.9 Å². The third-order valence-corrected chi connectivity index (χ3v) is 20.8. The van der Waals surface area contributed by atoms with Crippen LogP contribution in [0, 0.1) is 0 Å². The number of benzene rings is 14. The van der Waals surface area contributed by atoms with Crippen molar-refractivity contribution in [2.75, 3.05) is 0 Å². The SMILES string of the molecule is c1ccc(-c2nc(-c3ccccc3)nc(-c3cccc(-c4ccc5c(c4)-c4ccccc4C54c5ccccc5-c5ccc(-c6cccc(-c7nc(-c8ccccc8)nc(-c8ccc(-c9ccc%10c(c9)-c9ccccc9C%109c%10ccccc%10-c%10ccccc%109)cc8)n7)c6)cc54)c3)n2)cc1. The number of fused-ring (bicyclic) bond motifs is 20. The summed E-state index contributed by atoms with van der Waals surface area (Å²) in [5.74, 6) is 3.72. The molecule has 0 radical (unpaired) electrons. The number of aromatic nitrogens is 6. The fourth-order valence-corrected chi connectivity index (χ4v) is 16.6. The van der Waals surface area contributed by atoms with E-state index in [-0.39, 0.29) is 5.41 Å². The van der Waals surface area contributed by atoms with E-state index in [0.29, 0.717) is 34.9 Å². The first-order valence-corrected chi connectivity index (χ1v) is 33.5. The van der Waals surface area contributed by atoms with Gasteiger partial charge in [-0.2, -0.15) is 0 Å². The minimum atomic E-state index is -0.578. The van der Waals surface area contributed by atoms with E-state index in [2.05, 4.69) is 261 Å². The van der Waals surface area contributed by atoms with Crippen LogP contribution < -0.4 is 0 Å². The molecule has 2 spiro atoms. The molecule has 4 aliphatic rings. The lowest BCUT2D eigenvalue weighted by molar-refractivity contribution is 0.794. The highest BCUT2D eigenvalue weighted by Gasteiger charge is 2.53. The molecule has 2 aromatic heterocycles. The van der Waals surface area contributed by atoms with E-state index in [1.165, 1.54) is 89.0 Å². The molecule has 1 unspecified atom stereocenters. The largest absolute Gasteiger partial charge is 0.208 e. The van der Waals surface area contributed by atoms with Crippen LogP contribution in [0.3, 0.4) is 0 Å². The molecular formula is C92H56N6. The van der Waals surface area contributed by atoms with Gasteiger partial charge in [0.2, 0.25) is 0 Å². The Kier molecular flexibility index (Phi) is 12.4. The first kappa shape index (κ1) is 55.5. The van der Waals surface area contributed by atoms with E-state index >= 15 is 0 Å². The molecule has 0 saturated carbocycles. The molecule has 0 amide bonds. The van der Waals surface area contributed by atoms with Crippen molar-refractivity contribution in [1.82, 2.24) is 29.9 Å². The summed E-state index contributed by atoms with van der Waals surface area (Å²) in [6.07, 6.45) is 0. The summed E-state index contributed by atoms with van der Waals surface area (Å²) in [7, 11) is 0. The molecule has 98 heavy (non-hydrogen) atoms. The molecule has 0 N–H and O–H groups in total. The van der Waals surface area contributed by atoms with Crippen LogP contribution in [0.1, 0.15) is 44.5 Å². The van der Waals surface area contributed by atoms with Gasteiger partial charge in [0.25, 0.3) is 0 Å². The van der Waals surface area contributed by atoms with Gasteiger partial charge in [-0.1, -0.05) is 309 Å². The average molecular weight is 1250 g/mol. The molecular weight excluding hydrogens is 1190 g/mol. The van der Waals surface area contributed by atoms with Crippen LogP contribution >= 0.6 is 0 Å². The zero-order chi connectivity index (χ0) is 64.5. The van der Waals surface area contributed by atoms with Gasteiger partial charge in [-0.15, -0.1) is 0 Å². The minimum absolute atomic E-state index is 0.383. The van der Waals surface area contributed by atoms with Gasteiger partial charge in [0, 0.05) is 33.4 Å². The van der Waals surface area contributed by atoms with Gasteiger partial charge in [0.05, 0.1) is 10.8 Å². The van der Waals surface area contributed by atoms with Gasteiger partial charge in [-0.05, 0) is 153 Å². The Bertz CT molecular complexity index is 5840. The fourth-order valence-electron chi connectivity index (χ4n) is 16.6. The van der Waals surface area contributed by atoms with Crippen molar-refractivity contribution >= 4 is 0 Å². The normalized spacial score (nSPS) is 14.2. The monoisotopic (exact) mass is 1240 g/mol. The molecule has 6 heteroatoms. The Morgan fingerprint density at radius 2 is 0.367 bits per heavy atom. The molecule has 14 aromatic carbocycles. The smallest absolute Gasteiger partial charge is 0.164 e. The van der Waals surface area contributed by atoms with Crippen LogP contribution in [0.25, 0.3) is 146 Å². The molecule has 0 aliphatic heterocycles. The van der Waals surface area contributed by atoms with E-state index < -0.39 is 5.41 Å². The lowest BCUT2D eigenvalue weighted by Gasteiger charge is -2.31. The van der Waals surface area contributed by atoms with Gasteiger partial charge in [0.15, 0.2) is 34.9 Å². The van der Waals surface area contributed by atoms with Gasteiger partial charge in [0.1, 0.15) is 0 Å². The summed E-state index contributed by atoms with van der Waals surface area (Å²) in [6, 6.07) is 123. The molecule has 0 saturated heterocycles. The van der Waals surface area contributed by atoms with E-state index in [1.54, 1.807) is 0 Å². The quantitative estimate of drug-likeness (QED) is 0.143. The van der Waals surface area contributed by atoms with Crippen LogP contribution in [0.2, 0.25) is 0 Å². The van der Waals surface area contributed by atoms with Crippen molar-refractivity contribution < 1.29 is 0 Å². The van der Waals surface area contributed by atoms with Crippen molar-refractivity contribution in [2.24, 2.45) is 0 Å². The van der Waals surface area contributed by atoms with Crippen LogP contribution in [0.4, 0.5) is 0 Å². The molecule has 454 valence electrons. The fraction of sp³-hybridized carbons (Fsp3) is 0.0217. The molecule has 4 aliphatic carbocycles. The predicted octanol–water partition coefficient (Wildman–Crippen LogP) is 21.7. The molecule has 0 bridgehead atoms. The van der Waals surface area contributed by atoms with Crippen LogP contribution in [-0.4, -0.2) is 29.9 Å². The average Bonchev–Trinajstić information content (AvgIpc) is 1.52. The minimum Gasteiger partial charge on any atom is -0.208 e. The molecule has 6 nitrogen and oxygen atoms in total. The Labute approximate surface area is 567 Å². The zero-order valence-electron chi connectivity index (χ0n) is 53.0. The standard InChI is InChI=1S/C92H56N6/c1-4-22-58(23-5-1)85-93-86(59-24-6-2-7-25-59)96-89(95-85)67-30-20-28-62(52-67)65-48-51-83-76(55-65)73-36-14-19-41-81(73)92(83)79-39-17-12-34-71(79)74-49-46-66(56-84(74)92)63-29-21-31-68(53-63)90-97-87(60-26-8-3-9-27-60)94-88(98-90)61-44-42-57(43-45-61)64-47-50-82-75(54-64)72-35-13-18-40-80(72)91(82)77-37-15-10-32-69(77)70-33-11-16-38-78(70)91/h1-56H. The number of nitrogens with zero attached hydrogens (tertiary/aromatic N) is 6. The molecule has 16 aromatic rings. The first-order chi connectivity index (χ1) is 48.5. The zero-order valence-corrected chi connectivity index (χ0v) is 53.0. The van der Waals surface area contributed by atoms with E-state index in [9.17, 15) is 0 Å². The summed E-state index contributed by atoms with van der Waals surface area (Å²) in [6.45, 7) is 0.